The molecule has 1 nitrogen and oxygen atoms in total. The van der Waals surface area contributed by atoms with Gasteiger partial charge in [-0.2, -0.15) is 0 Å². The summed E-state index contributed by atoms with van der Waals surface area (Å²) in [6.07, 6.45) is 22.7. The van der Waals surface area contributed by atoms with Crippen molar-refractivity contribution >= 4 is 11.6 Å². The molecule has 1 aromatic rings. The van der Waals surface area contributed by atoms with Crippen LogP contribution in [0.3, 0.4) is 0 Å². The lowest BCUT2D eigenvalue weighted by Gasteiger charge is -2.36. The molecule has 0 bridgehead atoms. The zero-order valence-corrected chi connectivity index (χ0v) is 26.3. The maximum atomic E-state index is 6.36. The van der Waals surface area contributed by atoms with E-state index in [2.05, 4.69) is 95.5 Å². The molecule has 0 amide bonds. The predicted octanol–water partition coefficient (Wildman–Crippen LogP) is 10.9. The lowest BCUT2D eigenvalue weighted by atomic mass is 9.87. The number of allylic oxidation sites excluding steroid dienone is 5. The number of nitrogens with zero attached hydrogens (tertiary/aromatic N) is 1. The first kappa shape index (κ1) is 32.6. The van der Waals surface area contributed by atoms with E-state index in [0.29, 0.717) is 6.04 Å². The Kier molecular flexibility index (Phi) is 15.4. The van der Waals surface area contributed by atoms with Crippen LogP contribution in [0.25, 0.3) is 0 Å². The van der Waals surface area contributed by atoms with Crippen LogP contribution >= 0.6 is 11.6 Å². The topological polar surface area (TPSA) is 3.24 Å². The van der Waals surface area contributed by atoms with Gasteiger partial charge in [0.25, 0.3) is 0 Å². The molecule has 0 saturated carbocycles. The van der Waals surface area contributed by atoms with Crippen LogP contribution in [0.1, 0.15) is 110 Å². The van der Waals surface area contributed by atoms with Crippen molar-refractivity contribution in [3.05, 3.63) is 82.0 Å². The molecule has 0 saturated heterocycles. The molecule has 1 aliphatic carbocycles. The SMILES string of the molecule is C=C(C)C1=CC=C(CC)C(N(CCCC(C)C/C=C\CCC(C)CC)CCc2ccc(Cl)cc2CCC)C1. The van der Waals surface area contributed by atoms with Crippen LogP contribution in [0.4, 0.5) is 0 Å². The smallest absolute Gasteiger partial charge is 0.0408 e. The highest BCUT2D eigenvalue weighted by molar-refractivity contribution is 6.30. The molecule has 0 N–H and O–H groups in total. The molecule has 0 heterocycles. The molecular formula is C36H56ClN. The molecule has 2 heteroatoms. The molecule has 3 atom stereocenters. The minimum Gasteiger partial charge on any atom is -0.296 e. The van der Waals surface area contributed by atoms with Crippen LogP contribution in [0.5, 0.6) is 0 Å². The highest BCUT2D eigenvalue weighted by atomic mass is 35.5. The quantitative estimate of drug-likeness (QED) is 0.168. The fourth-order valence-electron chi connectivity index (χ4n) is 5.58. The van der Waals surface area contributed by atoms with E-state index >= 15 is 0 Å². The number of halogens is 1. The van der Waals surface area contributed by atoms with Crippen LogP contribution in [0, 0.1) is 11.8 Å². The summed E-state index contributed by atoms with van der Waals surface area (Å²) < 4.78 is 0. The lowest BCUT2D eigenvalue weighted by molar-refractivity contribution is 0.209. The lowest BCUT2D eigenvalue weighted by Crippen LogP contribution is -2.40. The third-order valence-corrected chi connectivity index (χ3v) is 8.70. The second-order valence-electron chi connectivity index (χ2n) is 11.8. The first-order valence-electron chi connectivity index (χ1n) is 15.5. The van der Waals surface area contributed by atoms with Gasteiger partial charge >= 0.3 is 0 Å². The average Bonchev–Trinajstić information content (AvgIpc) is 2.90. The van der Waals surface area contributed by atoms with Crippen LogP contribution < -0.4 is 0 Å². The summed E-state index contributed by atoms with van der Waals surface area (Å²) >= 11 is 6.36. The van der Waals surface area contributed by atoms with E-state index in [1.54, 1.807) is 5.57 Å². The van der Waals surface area contributed by atoms with Crippen LogP contribution in [0.15, 0.2) is 65.8 Å². The summed E-state index contributed by atoms with van der Waals surface area (Å²) in [4.78, 5) is 2.78. The zero-order valence-electron chi connectivity index (χ0n) is 25.5. The van der Waals surface area contributed by atoms with Gasteiger partial charge in [-0.25, -0.2) is 0 Å². The van der Waals surface area contributed by atoms with Crippen molar-refractivity contribution in [3.8, 4) is 0 Å². The third kappa shape index (κ3) is 11.3. The van der Waals surface area contributed by atoms with Gasteiger partial charge in [0.15, 0.2) is 0 Å². The molecule has 0 fully saturated rings. The molecule has 0 aliphatic heterocycles. The average molecular weight is 538 g/mol. The number of hydrogen-bond donors (Lipinski definition) is 0. The minimum absolute atomic E-state index is 0.481. The molecule has 1 aliphatic rings. The molecule has 3 unspecified atom stereocenters. The van der Waals surface area contributed by atoms with Crippen LogP contribution in [-0.4, -0.2) is 24.0 Å². The number of aryl methyl sites for hydroxylation is 1. The molecular weight excluding hydrogens is 482 g/mol. The van der Waals surface area contributed by atoms with Crippen molar-refractivity contribution in [2.24, 2.45) is 11.8 Å². The Labute approximate surface area is 241 Å². The first-order chi connectivity index (χ1) is 18.3. The van der Waals surface area contributed by atoms with Gasteiger partial charge in [0.05, 0.1) is 0 Å². The Morgan fingerprint density at radius 2 is 1.82 bits per heavy atom. The van der Waals surface area contributed by atoms with E-state index in [-0.39, 0.29) is 0 Å². The summed E-state index contributed by atoms with van der Waals surface area (Å²) in [5, 5.41) is 0.858. The van der Waals surface area contributed by atoms with E-state index < -0.39 is 0 Å². The van der Waals surface area contributed by atoms with Gasteiger partial charge in [-0.1, -0.05) is 107 Å². The van der Waals surface area contributed by atoms with Gasteiger partial charge in [-0.3, -0.25) is 4.90 Å². The fraction of sp³-hybridized carbons (Fsp3) is 0.611. The molecule has 212 valence electrons. The van der Waals surface area contributed by atoms with Crippen molar-refractivity contribution in [2.45, 2.75) is 118 Å². The minimum atomic E-state index is 0.481. The normalized spacial score (nSPS) is 17.5. The Morgan fingerprint density at radius 3 is 2.50 bits per heavy atom. The van der Waals surface area contributed by atoms with Crippen molar-refractivity contribution in [1.29, 1.82) is 0 Å². The Morgan fingerprint density at radius 1 is 1.03 bits per heavy atom. The highest BCUT2D eigenvalue weighted by Crippen LogP contribution is 2.30. The predicted molar refractivity (Wildman–Crippen MR) is 171 cm³/mol. The standard InChI is InChI=1S/C36H56ClN/c1-8-15-34-26-35(37)22-21-32(34)23-25-38(36-27-33(28(4)5)20-19-31(36)10-3)24-14-18-30(7)17-13-11-12-16-29(6)9-2/h11,13,19-22,26,29-30,36H,4,8-10,12,14-18,23-25,27H2,1-3,5-7H3/b13-11-. The number of hydrogen-bond acceptors (Lipinski definition) is 1. The van der Waals surface area contributed by atoms with Gasteiger partial charge in [0, 0.05) is 17.6 Å². The Hall–Kier alpha value is -1.57. The Balaban J connectivity index is 2.05. The van der Waals surface area contributed by atoms with Gasteiger partial charge in [-0.15, -0.1) is 0 Å². The van der Waals surface area contributed by atoms with Gasteiger partial charge < -0.3 is 0 Å². The molecule has 0 aromatic heterocycles. The van der Waals surface area contributed by atoms with Crippen LogP contribution in [0.2, 0.25) is 5.02 Å². The second-order valence-corrected chi connectivity index (χ2v) is 12.2. The molecule has 0 radical (unpaired) electrons. The monoisotopic (exact) mass is 537 g/mol. The van der Waals surface area contributed by atoms with E-state index in [1.807, 2.05) is 0 Å². The van der Waals surface area contributed by atoms with Gasteiger partial charge in [0.1, 0.15) is 0 Å². The summed E-state index contributed by atoms with van der Waals surface area (Å²) in [7, 11) is 0. The highest BCUT2D eigenvalue weighted by Gasteiger charge is 2.25. The van der Waals surface area contributed by atoms with Gasteiger partial charge in [0.2, 0.25) is 0 Å². The summed E-state index contributed by atoms with van der Waals surface area (Å²) in [5.74, 6) is 1.58. The van der Waals surface area contributed by atoms with Gasteiger partial charge in [-0.05, 0) is 112 Å². The summed E-state index contributed by atoms with van der Waals surface area (Å²) in [6, 6.07) is 6.99. The van der Waals surface area contributed by atoms with Crippen LogP contribution in [-0.2, 0) is 12.8 Å². The second kappa shape index (κ2) is 17.9. The van der Waals surface area contributed by atoms with E-state index in [1.165, 1.54) is 60.8 Å². The van der Waals surface area contributed by atoms with E-state index in [9.17, 15) is 0 Å². The van der Waals surface area contributed by atoms with E-state index in [4.69, 9.17) is 11.6 Å². The van der Waals surface area contributed by atoms with Crippen molar-refractivity contribution in [2.75, 3.05) is 13.1 Å². The molecule has 38 heavy (non-hydrogen) atoms. The zero-order chi connectivity index (χ0) is 27.9. The Bertz CT molecular complexity index is 937. The maximum Gasteiger partial charge on any atom is 0.0408 e. The summed E-state index contributed by atoms with van der Waals surface area (Å²) in [6.45, 7) is 20.3. The molecule has 2 rings (SSSR count). The maximum absolute atomic E-state index is 6.36. The number of rotatable bonds is 18. The largest absolute Gasteiger partial charge is 0.296 e. The van der Waals surface area contributed by atoms with E-state index in [0.717, 1.165) is 62.1 Å². The first-order valence-corrected chi connectivity index (χ1v) is 15.9. The van der Waals surface area contributed by atoms with Crippen molar-refractivity contribution in [3.63, 3.8) is 0 Å². The number of benzene rings is 1. The van der Waals surface area contributed by atoms with Crippen molar-refractivity contribution in [1.82, 2.24) is 4.90 Å². The third-order valence-electron chi connectivity index (χ3n) is 8.46. The summed E-state index contributed by atoms with van der Waals surface area (Å²) in [5.41, 5.74) is 7.07. The molecule has 0 spiro atoms. The fourth-order valence-corrected chi connectivity index (χ4v) is 5.77. The molecule has 1 aromatic carbocycles. The van der Waals surface area contributed by atoms with Crippen molar-refractivity contribution < 1.29 is 0 Å².